The van der Waals surface area contributed by atoms with Crippen molar-refractivity contribution in [2.24, 2.45) is 0 Å². The molecule has 1 unspecified atom stereocenters. The highest BCUT2D eigenvalue weighted by molar-refractivity contribution is 5.40. The molecule has 1 N–H and O–H groups in total. The monoisotopic (exact) mass is 219 g/mol. The predicted octanol–water partition coefficient (Wildman–Crippen LogP) is 2.55. The molecule has 1 aliphatic rings. The summed E-state index contributed by atoms with van der Waals surface area (Å²) in [6, 6.07) is 6.66. The van der Waals surface area contributed by atoms with Crippen LogP contribution in [-0.2, 0) is 12.8 Å². The first kappa shape index (κ1) is 11.5. The van der Waals surface area contributed by atoms with Gasteiger partial charge in [0.25, 0.3) is 0 Å². The van der Waals surface area contributed by atoms with Crippen molar-refractivity contribution in [1.29, 1.82) is 0 Å². The van der Waals surface area contributed by atoms with Crippen LogP contribution in [0, 0.1) is 0 Å². The van der Waals surface area contributed by atoms with Gasteiger partial charge in [-0.2, -0.15) is 0 Å². The van der Waals surface area contributed by atoms with Crippen LogP contribution in [0.15, 0.2) is 18.2 Å². The molecule has 0 bridgehead atoms. The molecule has 1 aromatic rings. The van der Waals surface area contributed by atoms with Gasteiger partial charge < -0.3 is 10.1 Å². The van der Waals surface area contributed by atoms with Gasteiger partial charge in [-0.1, -0.05) is 19.1 Å². The fourth-order valence-electron chi connectivity index (χ4n) is 2.23. The summed E-state index contributed by atoms with van der Waals surface area (Å²) in [6.07, 6.45) is 4.95. The van der Waals surface area contributed by atoms with Crippen molar-refractivity contribution in [3.05, 3.63) is 29.3 Å². The van der Waals surface area contributed by atoms with Crippen LogP contribution in [0.2, 0.25) is 0 Å². The number of nitrogens with one attached hydrogen (secondary N) is 1. The van der Waals surface area contributed by atoms with Gasteiger partial charge in [0, 0.05) is 6.42 Å². The summed E-state index contributed by atoms with van der Waals surface area (Å²) in [5.74, 6) is 1.10. The molecule has 0 amide bonds. The van der Waals surface area contributed by atoms with E-state index < -0.39 is 0 Å². The normalized spacial score (nSPS) is 18.2. The van der Waals surface area contributed by atoms with Crippen LogP contribution in [0.4, 0.5) is 0 Å². The lowest BCUT2D eigenvalue weighted by atomic mass is 10.0. The van der Waals surface area contributed by atoms with E-state index in [2.05, 4.69) is 30.4 Å². The Labute approximate surface area is 98.0 Å². The Morgan fingerprint density at radius 1 is 1.44 bits per heavy atom. The van der Waals surface area contributed by atoms with Gasteiger partial charge in [-0.3, -0.25) is 0 Å². The summed E-state index contributed by atoms with van der Waals surface area (Å²) in [7, 11) is 2.00. The second-order valence-corrected chi connectivity index (χ2v) is 4.50. The van der Waals surface area contributed by atoms with Gasteiger partial charge >= 0.3 is 0 Å². The van der Waals surface area contributed by atoms with Crippen LogP contribution >= 0.6 is 0 Å². The first-order valence-corrected chi connectivity index (χ1v) is 6.26. The summed E-state index contributed by atoms with van der Waals surface area (Å²) in [6.45, 7) is 3.27. The molecule has 0 fully saturated rings. The summed E-state index contributed by atoms with van der Waals surface area (Å²) < 4.78 is 5.82. The predicted molar refractivity (Wildman–Crippen MR) is 67.1 cm³/mol. The maximum atomic E-state index is 5.82. The van der Waals surface area contributed by atoms with Crippen molar-refractivity contribution >= 4 is 0 Å². The number of ether oxygens (including phenoxy) is 1. The van der Waals surface area contributed by atoms with Crippen molar-refractivity contribution in [1.82, 2.24) is 5.32 Å². The molecule has 0 aliphatic carbocycles. The molecule has 1 heterocycles. The second kappa shape index (κ2) is 5.35. The highest BCUT2D eigenvalue weighted by atomic mass is 16.5. The van der Waals surface area contributed by atoms with Crippen molar-refractivity contribution in [2.45, 2.75) is 38.7 Å². The highest BCUT2D eigenvalue weighted by Crippen LogP contribution is 2.30. The first-order chi connectivity index (χ1) is 7.83. The molecular weight excluding hydrogens is 198 g/mol. The first-order valence-electron chi connectivity index (χ1n) is 6.26. The zero-order valence-electron chi connectivity index (χ0n) is 10.3. The summed E-state index contributed by atoms with van der Waals surface area (Å²) >= 11 is 0. The summed E-state index contributed by atoms with van der Waals surface area (Å²) in [4.78, 5) is 0. The van der Waals surface area contributed by atoms with Crippen molar-refractivity contribution in [3.8, 4) is 5.75 Å². The van der Waals surface area contributed by atoms with E-state index in [4.69, 9.17) is 4.74 Å². The van der Waals surface area contributed by atoms with Crippen LogP contribution in [0.25, 0.3) is 0 Å². The Balaban J connectivity index is 1.98. The van der Waals surface area contributed by atoms with Gasteiger partial charge in [0.1, 0.15) is 11.9 Å². The Kier molecular flexibility index (Phi) is 3.83. The van der Waals surface area contributed by atoms with Crippen LogP contribution < -0.4 is 10.1 Å². The standard InChI is InChI=1S/C14H21NO/c1-3-13-10-12-9-11(5-4-8-15-2)6-7-14(12)16-13/h6-7,9,13,15H,3-5,8,10H2,1-2H3. The number of rotatable bonds is 5. The van der Waals surface area contributed by atoms with E-state index in [9.17, 15) is 0 Å². The Morgan fingerprint density at radius 2 is 2.31 bits per heavy atom. The third-order valence-electron chi connectivity index (χ3n) is 3.21. The molecular formula is C14H21NO. The lowest BCUT2D eigenvalue weighted by Gasteiger charge is -2.06. The highest BCUT2D eigenvalue weighted by Gasteiger charge is 2.20. The van der Waals surface area contributed by atoms with Gasteiger partial charge in [0.2, 0.25) is 0 Å². The molecule has 2 heteroatoms. The zero-order chi connectivity index (χ0) is 11.4. The van der Waals surface area contributed by atoms with E-state index in [0.717, 1.165) is 31.6 Å². The third-order valence-corrected chi connectivity index (χ3v) is 3.21. The van der Waals surface area contributed by atoms with E-state index in [1.807, 2.05) is 7.05 Å². The molecule has 1 aliphatic heterocycles. The number of hydrogen-bond donors (Lipinski definition) is 1. The quantitative estimate of drug-likeness (QED) is 0.768. The third kappa shape index (κ3) is 2.56. The average molecular weight is 219 g/mol. The van der Waals surface area contributed by atoms with Gasteiger partial charge in [0.15, 0.2) is 0 Å². The molecule has 0 radical (unpaired) electrons. The molecule has 0 spiro atoms. The topological polar surface area (TPSA) is 21.3 Å². The van der Waals surface area contributed by atoms with E-state index in [-0.39, 0.29) is 0 Å². The molecule has 0 saturated heterocycles. The average Bonchev–Trinajstić information content (AvgIpc) is 2.71. The number of fused-ring (bicyclic) bond motifs is 1. The van der Waals surface area contributed by atoms with Crippen LogP contribution in [0.5, 0.6) is 5.75 Å². The van der Waals surface area contributed by atoms with Crippen molar-refractivity contribution in [2.75, 3.05) is 13.6 Å². The molecule has 1 atom stereocenters. The van der Waals surface area contributed by atoms with Crippen molar-refractivity contribution < 1.29 is 4.74 Å². The SMILES string of the molecule is CCC1Cc2cc(CCCNC)ccc2O1. The Hall–Kier alpha value is -1.02. The number of benzene rings is 1. The van der Waals surface area contributed by atoms with Crippen molar-refractivity contribution in [3.63, 3.8) is 0 Å². The van der Waals surface area contributed by atoms with Crippen LogP contribution in [-0.4, -0.2) is 19.7 Å². The van der Waals surface area contributed by atoms with E-state index in [1.54, 1.807) is 0 Å². The molecule has 2 nitrogen and oxygen atoms in total. The molecule has 16 heavy (non-hydrogen) atoms. The van der Waals surface area contributed by atoms with Crippen LogP contribution in [0.3, 0.4) is 0 Å². The van der Waals surface area contributed by atoms with Gasteiger partial charge in [-0.15, -0.1) is 0 Å². The summed E-state index contributed by atoms with van der Waals surface area (Å²) in [5, 5.41) is 3.18. The fourth-order valence-corrected chi connectivity index (χ4v) is 2.23. The van der Waals surface area contributed by atoms with Gasteiger partial charge in [-0.25, -0.2) is 0 Å². The fraction of sp³-hybridized carbons (Fsp3) is 0.571. The van der Waals surface area contributed by atoms with E-state index >= 15 is 0 Å². The minimum atomic E-state index is 0.405. The maximum Gasteiger partial charge on any atom is 0.123 e. The smallest absolute Gasteiger partial charge is 0.123 e. The van der Waals surface area contributed by atoms with Crippen LogP contribution in [0.1, 0.15) is 30.9 Å². The molecule has 88 valence electrons. The molecule has 0 saturated carbocycles. The molecule has 2 rings (SSSR count). The van der Waals surface area contributed by atoms with Gasteiger partial charge in [-0.05, 0) is 50.0 Å². The maximum absolute atomic E-state index is 5.82. The molecule has 1 aromatic carbocycles. The summed E-state index contributed by atoms with van der Waals surface area (Å²) in [5.41, 5.74) is 2.84. The Bertz CT molecular complexity index is 349. The number of aryl methyl sites for hydroxylation is 1. The molecule has 0 aromatic heterocycles. The Morgan fingerprint density at radius 3 is 3.06 bits per heavy atom. The minimum absolute atomic E-state index is 0.405. The largest absolute Gasteiger partial charge is 0.490 e. The second-order valence-electron chi connectivity index (χ2n) is 4.50. The van der Waals surface area contributed by atoms with Gasteiger partial charge in [0.05, 0.1) is 0 Å². The lowest BCUT2D eigenvalue weighted by molar-refractivity contribution is 0.228. The van der Waals surface area contributed by atoms with E-state index in [1.165, 1.54) is 17.5 Å². The zero-order valence-corrected chi connectivity index (χ0v) is 10.3. The lowest BCUT2D eigenvalue weighted by Crippen LogP contribution is -2.10. The minimum Gasteiger partial charge on any atom is -0.490 e. The van der Waals surface area contributed by atoms with E-state index in [0.29, 0.717) is 6.10 Å². The number of hydrogen-bond acceptors (Lipinski definition) is 2.